The number of carbonyl (C=O) groups excluding carboxylic acids is 2. The minimum absolute atomic E-state index is 0.128. The molecular formula is C26H23FN2O4. The number of carbonyl (C=O) groups is 2. The minimum atomic E-state index is -0.701. The number of rotatable bonds is 5. The Morgan fingerprint density at radius 1 is 0.970 bits per heavy atom. The van der Waals surface area contributed by atoms with Gasteiger partial charge >= 0.3 is 0 Å². The summed E-state index contributed by atoms with van der Waals surface area (Å²) in [5.41, 5.74) is 3.14. The molecule has 0 aromatic heterocycles. The number of anilines is 1. The van der Waals surface area contributed by atoms with Crippen LogP contribution in [0, 0.1) is 12.7 Å². The summed E-state index contributed by atoms with van der Waals surface area (Å²) in [7, 11) is 1.57. The molecule has 0 atom stereocenters. The maximum absolute atomic E-state index is 14.8. The van der Waals surface area contributed by atoms with Gasteiger partial charge in [0.1, 0.15) is 5.82 Å². The number of hydrogen-bond acceptors (Lipinski definition) is 4. The second kappa shape index (κ2) is 7.92. The molecule has 2 N–H and O–H groups in total. The number of fused-ring (bicyclic) bond motifs is 1. The zero-order chi connectivity index (χ0) is 23.2. The van der Waals surface area contributed by atoms with Crippen LogP contribution in [0.15, 0.2) is 54.6 Å². The van der Waals surface area contributed by atoms with Gasteiger partial charge in [-0.05, 0) is 78.4 Å². The van der Waals surface area contributed by atoms with Gasteiger partial charge in [0.15, 0.2) is 11.5 Å². The van der Waals surface area contributed by atoms with Gasteiger partial charge in [-0.3, -0.25) is 9.59 Å². The van der Waals surface area contributed by atoms with Crippen LogP contribution in [0.3, 0.4) is 0 Å². The number of aryl methyl sites for hydroxylation is 1. The smallest absolute Gasteiger partial charge is 0.251 e. The lowest BCUT2D eigenvalue weighted by atomic mass is 9.94. The molecule has 1 fully saturated rings. The fraction of sp³-hybridized carbons (Fsp3) is 0.231. The van der Waals surface area contributed by atoms with E-state index in [1.807, 2.05) is 31.2 Å². The summed E-state index contributed by atoms with van der Waals surface area (Å²) in [6, 6.07) is 15.6. The third-order valence-corrected chi connectivity index (χ3v) is 6.36. The number of benzene rings is 3. The summed E-state index contributed by atoms with van der Waals surface area (Å²) in [5.74, 6) is 0.365. The van der Waals surface area contributed by atoms with E-state index < -0.39 is 11.2 Å². The summed E-state index contributed by atoms with van der Waals surface area (Å²) in [6.07, 6.45) is 1.36. The van der Waals surface area contributed by atoms with Crippen molar-refractivity contribution in [3.05, 3.63) is 77.1 Å². The fourth-order valence-electron chi connectivity index (χ4n) is 4.23. The Morgan fingerprint density at radius 2 is 1.70 bits per heavy atom. The van der Waals surface area contributed by atoms with Crippen LogP contribution >= 0.6 is 0 Å². The molecule has 0 spiro atoms. The highest BCUT2D eigenvalue weighted by Gasteiger charge is 2.51. The van der Waals surface area contributed by atoms with Crippen molar-refractivity contribution < 1.29 is 23.5 Å². The molecular weight excluding hydrogens is 423 g/mol. The van der Waals surface area contributed by atoms with Crippen molar-refractivity contribution in [1.29, 1.82) is 0 Å². The lowest BCUT2D eigenvalue weighted by Crippen LogP contribution is -2.28. The van der Waals surface area contributed by atoms with Crippen LogP contribution in [0.5, 0.6) is 11.5 Å². The average molecular weight is 446 g/mol. The summed E-state index contributed by atoms with van der Waals surface area (Å²) >= 11 is 0. The van der Waals surface area contributed by atoms with Crippen LogP contribution in [0.4, 0.5) is 10.1 Å². The first-order valence-electron chi connectivity index (χ1n) is 10.8. The topological polar surface area (TPSA) is 76.7 Å². The lowest BCUT2D eigenvalue weighted by molar-refractivity contribution is -0.118. The Morgan fingerprint density at radius 3 is 2.39 bits per heavy atom. The Kier molecular flexibility index (Phi) is 5.04. The third-order valence-electron chi connectivity index (χ3n) is 6.36. The highest BCUT2D eigenvalue weighted by atomic mass is 19.1. The average Bonchev–Trinajstić information content (AvgIpc) is 3.51. The summed E-state index contributed by atoms with van der Waals surface area (Å²) in [4.78, 5) is 25.0. The van der Waals surface area contributed by atoms with E-state index in [1.54, 1.807) is 31.3 Å². The normalized spacial score (nSPS) is 15.1. The van der Waals surface area contributed by atoms with Crippen LogP contribution in [0.1, 0.15) is 34.3 Å². The van der Waals surface area contributed by atoms with Gasteiger partial charge in [-0.15, -0.1) is 0 Å². The molecule has 0 bridgehead atoms. The first-order valence-corrected chi connectivity index (χ1v) is 10.8. The van der Waals surface area contributed by atoms with Gasteiger partial charge < -0.3 is 20.1 Å². The standard InChI is InChI=1S/C26H23FN2O4/c1-15-11-20(27)21(13-19(15)16-3-5-17(6-4-16)24(30)28-2)29-25(31)26(9-10-26)18-7-8-22-23(12-18)33-14-32-22/h3-8,11-13H,9-10,14H2,1-2H3,(H,28,30)(H,29,31). The molecule has 168 valence electrons. The zero-order valence-corrected chi connectivity index (χ0v) is 18.3. The molecule has 3 aromatic rings. The molecule has 3 aromatic carbocycles. The van der Waals surface area contributed by atoms with Crippen molar-refractivity contribution >= 4 is 17.5 Å². The number of halogens is 1. The number of ether oxygens (including phenoxy) is 2. The molecule has 1 aliphatic carbocycles. The van der Waals surface area contributed by atoms with E-state index >= 15 is 0 Å². The number of amides is 2. The van der Waals surface area contributed by atoms with Crippen LogP contribution < -0.4 is 20.1 Å². The van der Waals surface area contributed by atoms with Gasteiger partial charge in [0.05, 0.1) is 11.1 Å². The molecule has 0 radical (unpaired) electrons. The lowest BCUT2D eigenvalue weighted by Gasteiger charge is -2.18. The Hall–Kier alpha value is -3.87. The highest BCUT2D eigenvalue weighted by molar-refractivity contribution is 6.02. The van der Waals surface area contributed by atoms with E-state index in [4.69, 9.17) is 9.47 Å². The van der Waals surface area contributed by atoms with Gasteiger partial charge in [0.2, 0.25) is 12.7 Å². The largest absolute Gasteiger partial charge is 0.454 e. The molecule has 2 amide bonds. The van der Waals surface area contributed by atoms with Crippen molar-refractivity contribution in [3.8, 4) is 22.6 Å². The van der Waals surface area contributed by atoms with E-state index in [1.165, 1.54) is 6.07 Å². The molecule has 5 rings (SSSR count). The number of hydrogen-bond donors (Lipinski definition) is 2. The first kappa shape index (κ1) is 21.0. The van der Waals surface area contributed by atoms with E-state index in [9.17, 15) is 14.0 Å². The summed E-state index contributed by atoms with van der Waals surface area (Å²) in [5, 5.41) is 5.39. The Labute approximate surface area is 190 Å². The van der Waals surface area contributed by atoms with Gasteiger partial charge in [0, 0.05) is 12.6 Å². The molecule has 0 saturated heterocycles. The number of nitrogens with one attached hydrogen (secondary N) is 2. The molecule has 7 heteroatoms. The molecule has 33 heavy (non-hydrogen) atoms. The summed E-state index contributed by atoms with van der Waals surface area (Å²) < 4.78 is 25.6. The monoisotopic (exact) mass is 446 g/mol. The quantitative estimate of drug-likeness (QED) is 0.603. The fourth-order valence-corrected chi connectivity index (χ4v) is 4.23. The molecule has 6 nitrogen and oxygen atoms in total. The third kappa shape index (κ3) is 3.69. The van der Waals surface area contributed by atoms with Crippen molar-refractivity contribution in [2.45, 2.75) is 25.2 Å². The van der Waals surface area contributed by atoms with Gasteiger partial charge in [-0.1, -0.05) is 18.2 Å². The predicted octanol–water partition coefficient (Wildman–Crippen LogP) is 4.56. The highest BCUT2D eigenvalue weighted by Crippen LogP contribution is 2.51. The zero-order valence-electron chi connectivity index (χ0n) is 18.3. The molecule has 1 aliphatic heterocycles. The van der Waals surface area contributed by atoms with Crippen molar-refractivity contribution in [3.63, 3.8) is 0 Å². The Bertz CT molecular complexity index is 1270. The van der Waals surface area contributed by atoms with Crippen LogP contribution in [-0.4, -0.2) is 25.7 Å². The second-order valence-corrected chi connectivity index (χ2v) is 8.41. The van der Waals surface area contributed by atoms with Crippen LogP contribution in [0.2, 0.25) is 0 Å². The van der Waals surface area contributed by atoms with Crippen LogP contribution in [-0.2, 0) is 10.2 Å². The minimum Gasteiger partial charge on any atom is -0.454 e. The van der Waals surface area contributed by atoms with Gasteiger partial charge in [-0.2, -0.15) is 0 Å². The molecule has 1 saturated carbocycles. The van der Waals surface area contributed by atoms with Gasteiger partial charge in [-0.25, -0.2) is 4.39 Å². The van der Waals surface area contributed by atoms with Crippen molar-refractivity contribution in [2.24, 2.45) is 0 Å². The van der Waals surface area contributed by atoms with Crippen molar-refractivity contribution in [2.75, 3.05) is 19.2 Å². The first-order chi connectivity index (χ1) is 15.9. The molecule has 1 heterocycles. The van der Waals surface area contributed by atoms with E-state index in [0.717, 1.165) is 22.3 Å². The second-order valence-electron chi connectivity index (χ2n) is 8.41. The van der Waals surface area contributed by atoms with E-state index in [0.29, 0.717) is 29.9 Å². The maximum Gasteiger partial charge on any atom is 0.251 e. The predicted molar refractivity (Wildman–Crippen MR) is 122 cm³/mol. The molecule has 2 aliphatic rings. The van der Waals surface area contributed by atoms with Crippen molar-refractivity contribution in [1.82, 2.24) is 5.32 Å². The van der Waals surface area contributed by atoms with Gasteiger partial charge in [0.25, 0.3) is 5.91 Å². The van der Waals surface area contributed by atoms with Crippen LogP contribution in [0.25, 0.3) is 11.1 Å². The maximum atomic E-state index is 14.8. The van der Waals surface area contributed by atoms with E-state index in [-0.39, 0.29) is 24.3 Å². The SMILES string of the molecule is CNC(=O)c1ccc(-c2cc(NC(=O)C3(c4ccc5c(c4)OCO5)CC3)c(F)cc2C)cc1. The summed E-state index contributed by atoms with van der Waals surface area (Å²) in [6.45, 7) is 1.98. The Balaban J connectivity index is 1.42. The van der Waals surface area contributed by atoms with E-state index in [2.05, 4.69) is 10.6 Å². The molecule has 0 unspecified atom stereocenters.